The number of benzene rings is 2. The molecule has 116 valence electrons. The molecule has 2 aromatic rings. The van der Waals surface area contributed by atoms with Gasteiger partial charge in [0.15, 0.2) is 0 Å². The van der Waals surface area contributed by atoms with Crippen molar-refractivity contribution in [2.75, 3.05) is 11.9 Å². The molecule has 0 aliphatic heterocycles. The first kappa shape index (κ1) is 17.1. The first-order valence-corrected chi connectivity index (χ1v) is 7.76. The molecule has 0 aromatic heterocycles. The highest BCUT2D eigenvalue weighted by Gasteiger charge is 2.12. The van der Waals surface area contributed by atoms with Crippen LogP contribution in [0.3, 0.4) is 0 Å². The third kappa shape index (κ3) is 4.85. The van der Waals surface area contributed by atoms with Gasteiger partial charge in [0.1, 0.15) is 0 Å². The summed E-state index contributed by atoms with van der Waals surface area (Å²) in [7, 11) is 0. The smallest absolute Gasteiger partial charge is 0.253 e. The van der Waals surface area contributed by atoms with E-state index in [0.29, 0.717) is 21.8 Å². The fourth-order valence-corrected chi connectivity index (χ4v) is 2.58. The molecule has 0 spiro atoms. The van der Waals surface area contributed by atoms with E-state index < -0.39 is 5.91 Å². The Bertz CT molecular complexity index is 799. The molecule has 2 N–H and O–H groups in total. The summed E-state index contributed by atoms with van der Waals surface area (Å²) in [6, 6.07) is 11.8. The van der Waals surface area contributed by atoms with Gasteiger partial charge in [-0.05, 0) is 36.4 Å². The van der Waals surface area contributed by atoms with E-state index in [0.717, 1.165) is 4.47 Å². The average molecular weight is 392 g/mol. The summed E-state index contributed by atoms with van der Waals surface area (Å²) in [4.78, 5) is 23.9. The Hall–Kier alpha value is -2.29. The van der Waals surface area contributed by atoms with Crippen molar-refractivity contribution >= 4 is 45.0 Å². The summed E-state index contributed by atoms with van der Waals surface area (Å²) in [5, 5.41) is 5.48. The molecule has 2 amide bonds. The molecular weight excluding hydrogens is 380 g/mol. The second-order valence-corrected chi connectivity index (χ2v) is 5.90. The van der Waals surface area contributed by atoms with Crippen molar-refractivity contribution in [3.63, 3.8) is 0 Å². The summed E-state index contributed by atoms with van der Waals surface area (Å²) >= 11 is 9.25. The van der Waals surface area contributed by atoms with Crippen molar-refractivity contribution in [3.05, 3.63) is 63.1 Å². The molecule has 2 rings (SSSR count). The van der Waals surface area contributed by atoms with Crippen LogP contribution in [0.15, 0.2) is 46.9 Å². The van der Waals surface area contributed by atoms with Gasteiger partial charge in [0.2, 0.25) is 5.91 Å². The quantitative estimate of drug-likeness (QED) is 0.784. The van der Waals surface area contributed by atoms with Crippen molar-refractivity contribution < 1.29 is 9.59 Å². The number of hydrogen-bond acceptors (Lipinski definition) is 2. The van der Waals surface area contributed by atoms with Gasteiger partial charge in [-0.15, -0.1) is 6.42 Å². The van der Waals surface area contributed by atoms with Crippen LogP contribution >= 0.6 is 27.5 Å². The number of terminal acetylenes is 1. The van der Waals surface area contributed by atoms with Crippen LogP contribution in [0.5, 0.6) is 0 Å². The minimum Gasteiger partial charge on any atom is -0.343 e. The van der Waals surface area contributed by atoms with E-state index in [1.165, 1.54) is 0 Å². The minimum absolute atomic E-state index is 0.175. The predicted octanol–water partition coefficient (Wildman–Crippen LogP) is 3.45. The molecule has 0 saturated heterocycles. The molecule has 0 saturated carbocycles. The molecule has 2 aromatic carbocycles. The third-order valence-corrected chi connectivity index (χ3v) is 3.70. The van der Waals surface area contributed by atoms with Crippen LogP contribution in [-0.4, -0.2) is 18.4 Å². The molecule has 6 heteroatoms. The van der Waals surface area contributed by atoms with Gasteiger partial charge < -0.3 is 10.6 Å². The van der Waals surface area contributed by atoms with Crippen LogP contribution in [0.4, 0.5) is 5.69 Å². The van der Waals surface area contributed by atoms with E-state index in [2.05, 4.69) is 32.5 Å². The van der Waals surface area contributed by atoms with Gasteiger partial charge in [0.25, 0.3) is 5.91 Å². The Morgan fingerprint density at radius 2 is 2.00 bits per heavy atom. The zero-order valence-electron chi connectivity index (χ0n) is 11.9. The fraction of sp³-hybridized carbons (Fsp3) is 0.0588. The van der Waals surface area contributed by atoms with Crippen LogP contribution in [0, 0.1) is 12.3 Å². The zero-order valence-corrected chi connectivity index (χ0v) is 14.2. The van der Waals surface area contributed by atoms with E-state index >= 15 is 0 Å². The van der Waals surface area contributed by atoms with Gasteiger partial charge in [-0.3, -0.25) is 9.59 Å². The minimum atomic E-state index is -0.421. The standard InChI is InChI=1S/C17H12BrClN2O2/c1-2-11-4-3-5-13(8-11)21-16(22)10-20-17(23)14-7-6-12(18)9-15(14)19/h1,3-9H,10H2,(H,20,23)(H,21,22). The SMILES string of the molecule is C#Cc1cccc(NC(=O)CNC(=O)c2ccc(Br)cc2Cl)c1. The topological polar surface area (TPSA) is 58.2 Å². The second-order valence-electron chi connectivity index (χ2n) is 4.58. The first-order chi connectivity index (χ1) is 11.0. The highest BCUT2D eigenvalue weighted by Crippen LogP contribution is 2.21. The molecular formula is C17H12BrClN2O2. The highest BCUT2D eigenvalue weighted by atomic mass is 79.9. The molecule has 0 radical (unpaired) electrons. The monoisotopic (exact) mass is 390 g/mol. The summed E-state index contributed by atoms with van der Waals surface area (Å²) in [6.45, 7) is -0.175. The van der Waals surface area contributed by atoms with Gasteiger partial charge in [0.05, 0.1) is 17.1 Å². The van der Waals surface area contributed by atoms with E-state index in [-0.39, 0.29) is 12.5 Å². The predicted molar refractivity (Wildman–Crippen MR) is 94.5 cm³/mol. The van der Waals surface area contributed by atoms with Crippen LogP contribution in [0.1, 0.15) is 15.9 Å². The second kappa shape index (κ2) is 7.82. The molecule has 0 unspecified atom stereocenters. The van der Waals surface area contributed by atoms with Crippen LogP contribution in [0.25, 0.3) is 0 Å². The van der Waals surface area contributed by atoms with Crippen molar-refractivity contribution in [2.24, 2.45) is 0 Å². The van der Waals surface area contributed by atoms with Crippen LogP contribution in [-0.2, 0) is 4.79 Å². The molecule has 4 nitrogen and oxygen atoms in total. The Balaban J connectivity index is 1.93. The van der Waals surface area contributed by atoms with E-state index in [1.807, 2.05) is 0 Å². The maximum Gasteiger partial charge on any atom is 0.253 e. The number of carbonyl (C=O) groups excluding carboxylic acids is 2. The normalized spacial score (nSPS) is 9.78. The maximum atomic E-state index is 12.0. The lowest BCUT2D eigenvalue weighted by Crippen LogP contribution is -2.33. The number of halogens is 2. The third-order valence-electron chi connectivity index (χ3n) is 2.90. The lowest BCUT2D eigenvalue weighted by atomic mass is 10.2. The van der Waals surface area contributed by atoms with Gasteiger partial charge in [-0.1, -0.05) is 39.5 Å². The molecule has 0 aliphatic rings. The largest absolute Gasteiger partial charge is 0.343 e. The fourth-order valence-electron chi connectivity index (χ4n) is 1.82. The first-order valence-electron chi connectivity index (χ1n) is 6.59. The summed E-state index contributed by atoms with van der Waals surface area (Å²) in [6.07, 6.45) is 5.30. The number of nitrogens with one attached hydrogen (secondary N) is 2. The van der Waals surface area contributed by atoms with E-state index in [9.17, 15) is 9.59 Å². The number of amides is 2. The van der Waals surface area contributed by atoms with Crippen molar-refractivity contribution in [1.29, 1.82) is 0 Å². The number of carbonyl (C=O) groups is 2. The zero-order chi connectivity index (χ0) is 16.8. The lowest BCUT2D eigenvalue weighted by molar-refractivity contribution is -0.115. The Morgan fingerprint density at radius 3 is 2.70 bits per heavy atom. The Morgan fingerprint density at radius 1 is 1.22 bits per heavy atom. The van der Waals surface area contributed by atoms with Gasteiger partial charge in [-0.25, -0.2) is 0 Å². The summed E-state index contributed by atoms with van der Waals surface area (Å²) < 4.78 is 0.769. The van der Waals surface area contributed by atoms with Gasteiger partial charge in [0, 0.05) is 15.7 Å². The summed E-state index contributed by atoms with van der Waals surface area (Å²) in [5.74, 6) is 1.70. The molecule has 23 heavy (non-hydrogen) atoms. The lowest BCUT2D eigenvalue weighted by Gasteiger charge is -2.08. The van der Waals surface area contributed by atoms with Gasteiger partial charge in [-0.2, -0.15) is 0 Å². The molecule has 0 atom stereocenters. The maximum absolute atomic E-state index is 12.0. The number of rotatable bonds is 4. The van der Waals surface area contributed by atoms with Crippen LogP contribution in [0.2, 0.25) is 5.02 Å². The van der Waals surface area contributed by atoms with E-state index in [1.54, 1.807) is 42.5 Å². The summed E-state index contributed by atoms with van der Waals surface area (Å²) in [5.41, 5.74) is 1.53. The van der Waals surface area contributed by atoms with Crippen molar-refractivity contribution in [1.82, 2.24) is 5.32 Å². The van der Waals surface area contributed by atoms with Gasteiger partial charge >= 0.3 is 0 Å². The van der Waals surface area contributed by atoms with Crippen LogP contribution < -0.4 is 10.6 Å². The number of anilines is 1. The highest BCUT2D eigenvalue weighted by molar-refractivity contribution is 9.10. The van der Waals surface area contributed by atoms with Crippen molar-refractivity contribution in [2.45, 2.75) is 0 Å². The molecule has 0 bridgehead atoms. The average Bonchev–Trinajstić information content (AvgIpc) is 2.53. The Kier molecular flexibility index (Phi) is 5.80. The van der Waals surface area contributed by atoms with Crippen molar-refractivity contribution in [3.8, 4) is 12.3 Å². The van der Waals surface area contributed by atoms with E-state index in [4.69, 9.17) is 18.0 Å². The number of hydrogen-bond donors (Lipinski definition) is 2. The Labute approximate surface area is 147 Å². The molecule has 0 aliphatic carbocycles. The molecule has 0 fully saturated rings. The molecule has 0 heterocycles.